The molecule has 3 N–H and O–H groups in total. The second kappa shape index (κ2) is 6.90. The van der Waals surface area contributed by atoms with Crippen LogP contribution in [0.15, 0.2) is 54.6 Å². The number of nitrogen functional groups attached to an aromatic ring is 1. The van der Waals surface area contributed by atoms with Crippen LogP contribution in [-0.4, -0.2) is 13.0 Å². The van der Waals surface area contributed by atoms with Crippen LogP contribution in [0.4, 0.5) is 5.69 Å². The lowest BCUT2D eigenvalue weighted by molar-refractivity contribution is -0.132. The summed E-state index contributed by atoms with van der Waals surface area (Å²) in [6.45, 7) is 1.92. The van der Waals surface area contributed by atoms with E-state index in [1.807, 2.05) is 61.5 Å². The Kier molecular flexibility index (Phi) is 4.95. The summed E-state index contributed by atoms with van der Waals surface area (Å²) in [4.78, 5) is 12.4. The molecule has 4 heteroatoms. The number of anilines is 1. The number of benzene rings is 2. The highest BCUT2D eigenvalue weighted by Crippen LogP contribution is 2.20. The number of carbonyl (C=O) groups excluding carboxylic acids is 1. The third kappa shape index (κ3) is 3.83. The molecule has 1 amide bonds. The number of rotatable bonds is 5. The number of carbonyl (C=O) groups is 1. The molecule has 0 aromatic heterocycles. The second-order valence-electron chi connectivity index (χ2n) is 4.93. The van der Waals surface area contributed by atoms with Crippen LogP contribution >= 0.6 is 0 Å². The zero-order chi connectivity index (χ0) is 15.2. The zero-order valence-electron chi connectivity index (χ0n) is 12.2. The van der Waals surface area contributed by atoms with Crippen LogP contribution in [0.2, 0.25) is 0 Å². The third-order valence-corrected chi connectivity index (χ3v) is 3.35. The molecule has 2 aromatic carbocycles. The standard InChI is InChI=1S/C17H20N2O2/c1-12(14-9-6-10-15(18)11-14)19-17(20)16(21-2)13-7-4-3-5-8-13/h3-12,16H,18H2,1-2H3,(H,19,20). The van der Waals surface area contributed by atoms with E-state index in [0.717, 1.165) is 11.1 Å². The molecule has 0 radical (unpaired) electrons. The van der Waals surface area contributed by atoms with Crippen molar-refractivity contribution >= 4 is 11.6 Å². The van der Waals surface area contributed by atoms with E-state index < -0.39 is 6.10 Å². The number of methoxy groups -OCH3 is 1. The van der Waals surface area contributed by atoms with Crippen molar-refractivity contribution in [2.75, 3.05) is 12.8 Å². The Bertz CT molecular complexity index is 599. The van der Waals surface area contributed by atoms with Gasteiger partial charge in [0.2, 0.25) is 0 Å². The predicted molar refractivity (Wildman–Crippen MR) is 83.6 cm³/mol. The molecule has 2 unspecified atom stereocenters. The van der Waals surface area contributed by atoms with Gasteiger partial charge in [-0.1, -0.05) is 42.5 Å². The number of nitrogens with one attached hydrogen (secondary N) is 1. The predicted octanol–water partition coefficient (Wildman–Crippen LogP) is 2.83. The fraction of sp³-hybridized carbons (Fsp3) is 0.235. The van der Waals surface area contributed by atoms with Gasteiger partial charge in [0.05, 0.1) is 6.04 Å². The van der Waals surface area contributed by atoms with Gasteiger partial charge in [-0.2, -0.15) is 0 Å². The highest BCUT2D eigenvalue weighted by molar-refractivity contribution is 5.82. The molecule has 2 atom stereocenters. The van der Waals surface area contributed by atoms with Crippen molar-refractivity contribution < 1.29 is 9.53 Å². The number of amides is 1. The summed E-state index contributed by atoms with van der Waals surface area (Å²) in [6, 6.07) is 16.8. The van der Waals surface area contributed by atoms with Crippen molar-refractivity contribution in [2.24, 2.45) is 0 Å². The summed E-state index contributed by atoms with van der Waals surface area (Å²) >= 11 is 0. The Balaban J connectivity index is 2.09. The van der Waals surface area contributed by atoms with Gasteiger partial charge >= 0.3 is 0 Å². The lowest BCUT2D eigenvalue weighted by atomic mass is 10.1. The molecular weight excluding hydrogens is 264 g/mol. The number of ether oxygens (including phenoxy) is 1. The van der Waals surface area contributed by atoms with Gasteiger partial charge in [-0.15, -0.1) is 0 Å². The fourth-order valence-electron chi connectivity index (χ4n) is 2.22. The average molecular weight is 284 g/mol. The Morgan fingerprint density at radius 3 is 2.38 bits per heavy atom. The third-order valence-electron chi connectivity index (χ3n) is 3.35. The second-order valence-corrected chi connectivity index (χ2v) is 4.93. The Morgan fingerprint density at radius 1 is 1.10 bits per heavy atom. The molecule has 0 saturated carbocycles. The highest BCUT2D eigenvalue weighted by atomic mass is 16.5. The van der Waals surface area contributed by atoms with Gasteiger partial charge in [-0.05, 0) is 30.2 Å². The van der Waals surface area contributed by atoms with Crippen molar-refractivity contribution in [3.05, 3.63) is 65.7 Å². The molecule has 0 spiro atoms. The van der Waals surface area contributed by atoms with Crippen LogP contribution in [0.1, 0.15) is 30.2 Å². The molecule has 0 aliphatic carbocycles. The maximum atomic E-state index is 12.4. The lowest BCUT2D eigenvalue weighted by Gasteiger charge is -2.20. The van der Waals surface area contributed by atoms with Crippen LogP contribution in [0.3, 0.4) is 0 Å². The molecule has 0 fully saturated rings. The van der Waals surface area contributed by atoms with Crippen molar-refractivity contribution in [3.63, 3.8) is 0 Å². The molecule has 0 saturated heterocycles. The van der Waals surface area contributed by atoms with Crippen LogP contribution in [0.25, 0.3) is 0 Å². The van der Waals surface area contributed by atoms with Crippen LogP contribution in [0.5, 0.6) is 0 Å². The van der Waals surface area contributed by atoms with Crippen molar-refractivity contribution in [3.8, 4) is 0 Å². The first kappa shape index (κ1) is 15.1. The van der Waals surface area contributed by atoms with Crippen molar-refractivity contribution in [2.45, 2.75) is 19.1 Å². The molecular formula is C17H20N2O2. The first-order valence-electron chi connectivity index (χ1n) is 6.85. The maximum Gasteiger partial charge on any atom is 0.254 e. The average Bonchev–Trinajstić information content (AvgIpc) is 2.49. The van der Waals surface area contributed by atoms with Gasteiger partial charge in [0.25, 0.3) is 5.91 Å². The molecule has 2 rings (SSSR count). The van der Waals surface area contributed by atoms with Gasteiger partial charge in [-0.25, -0.2) is 0 Å². The van der Waals surface area contributed by atoms with Crippen LogP contribution < -0.4 is 11.1 Å². The quantitative estimate of drug-likeness (QED) is 0.830. The summed E-state index contributed by atoms with van der Waals surface area (Å²) < 4.78 is 5.32. The van der Waals surface area contributed by atoms with Crippen LogP contribution in [-0.2, 0) is 9.53 Å². The summed E-state index contributed by atoms with van der Waals surface area (Å²) in [5, 5.41) is 2.95. The SMILES string of the molecule is COC(C(=O)NC(C)c1cccc(N)c1)c1ccccc1. The molecule has 110 valence electrons. The number of nitrogens with two attached hydrogens (primary N) is 1. The monoisotopic (exact) mass is 284 g/mol. The molecule has 2 aromatic rings. The molecule has 0 aliphatic rings. The zero-order valence-corrected chi connectivity index (χ0v) is 12.2. The smallest absolute Gasteiger partial charge is 0.254 e. The Hall–Kier alpha value is -2.33. The van der Waals surface area contributed by atoms with Gasteiger partial charge in [-0.3, -0.25) is 4.79 Å². The minimum Gasteiger partial charge on any atom is -0.399 e. The van der Waals surface area contributed by atoms with Gasteiger partial charge in [0.15, 0.2) is 6.10 Å². The van der Waals surface area contributed by atoms with Crippen molar-refractivity contribution in [1.82, 2.24) is 5.32 Å². The van der Waals surface area contributed by atoms with E-state index in [1.54, 1.807) is 0 Å². The molecule has 4 nitrogen and oxygen atoms in total. The first-order chi connectivity index (χ1) is 10.1. The fourth-order valence-corrected chi connectivity index (χ4v) is 2.22. The van der Waals surface area contributed by atoms with Gasteiger partial charge in [0, 0.05) is 12.8 Å². The Labute approximate surface area is 124 Å². The maximum absolute atomic E-state index is 12.4. The largest absolute Gasteiger partial charge is 0.399 e. The first-order valence-corrected chi connectivity index (χ1v) is 6.85. The van der Waals surface area contributed by atoms with Crippen LogP contribution in [0, 0.1) is 0 Å². The van der Waals surface area contributed by atoms with Gasteiger partial charge < -0.3 is 15.8 Å². The highest BCUT2D eigenvalue weighted by Gasteiger charge is 2.21. The lowest BCUT2D eigenvalue weighted by Crippen LogP contribution is -2.32. The van der Waals surface area contributed by atoms with E-state index in [-0.39, 0.29) is 11.9 Å². The minimum atomic E-state index is -0.616. The van der Waals surface area contributed by atoms with E-state index in [9.17, 15) is 4.79 Å². The summed E-state index contributed by atoms with van der Waals surface area (Å²) in [5.74, 6) is -0.168. The summed E-state index contributed by atoms with van der Waals surface area (Å²) in [7, 11) is 1.53. The normalized spacial score (nSPS) is 13.4. The number of hydrogen-bond acceptors (Lipinski definition) is 3. The van der Waals surface area contributed by atoms with Gasteiger partial charge in [0.1, 0.15) is 0 Å². The van der Waals surface area contributed by atoms with E-state index in [1.165, 1.54) is 7.11 Å². The van der Waals surface area contributed by atoms with E-state index >= 15 is 0 Å². The van der Waals surface area contributed by atoms with E-state index in [0.29, 0.717) is 5.69 Å². The molecule has 0 bridgehead atoms. The molecule has 0 heterocycles. The Morgan fingerprint density at radius 2 is 1.76 bits per heavy atom. The van der Waals surface area contributed by atoms with Crippen molar-refractivity contribution in [1.29, 1.82) is 0 Å². The topological polar surface area (TPSA) is 64.3 Å². The van der Waals surface area contributed by atoms with E-state index in [4.69, 9.17) is 10.5 Å². The minimum absolute atomic E-state index is 0.137. The van der Waals surface area contributed by atoms with E-state index in [2.05, 4.69) is 5.32 Å². The number of hydrogen-bond donors (Lipinski definition) is 2. The summed E-state index contributed by atoms with van der Waals surface area (Å²) in [5.41, 5.74) is 8.24. The summed E-state index contributed by atoms with van der Waals surface area (Å²) in [6.07, 6.45) is -0.616. The molecule has 21 heavy (non-hydrogen) atoms. The molecule has 0 aliphatic heterocycles.